The van der Waals surface area contributed by atoms with Crippen molar-refractivity contribution >= 4 is 6.34 Å². The first-order chi connectivity index (χ1) is 7.07. The summed E-state index contributed by atoms with van der Waals surface area (Å²) in [5.41, 5.74) is 0. The third-order valence-electron chi connectivity index (χ3n) is 2.35. The summed E-state index contributed by atoms with van der Waals surface area (Å²) < 4.78 is 0. The highest BCUT2D eigenvalue weighted by Crippen LogP contribution is 2.16. The van der Waals surface area contributed by atoms with Gasteiger partial charge < -0.3 is 0 Å². The minimum absolute atomic E-state index is 0.0447. The molecule has 0 fully saturated rings. The second-order valence-electron chi connectivity index (χ2n) is 3.93. The van der Waals surface area contributed by atoms with Gasteiger partial charge >= 0.3 is 6.29 Å². The van der Waals surface area contributed by atoms with Gasteiger partial charge in [0.05, 0.1) is 11.0 Å². The topological polar surface area (TPSA) is 62.0 Å². The average molecular weight is 214 g/mol. The summed E-state index contributed by atoms with van der Waals surface area (Å²) in [6.45, 7) is 6.55. The summed E-state index contributed by atoms with van der Waals surface area (Å²) in [6, 6.07) is 0.0447. The summed E-state index contributed by atoms with van der Waals surface area (Å²) in [5, 5.41) is 16.5. The highest BCUT2D eigenvalue weighted by Gasteiger charge is 2.38. The van der Waals surface area contributed by atoms with Crippen molar-refractivity contribution in [1.82, 2.24) is 9.91 Å². The van der Waals surface area contributed by atoms with Gasteiger partial charge in [-0.3, -0.25) is 15.0 Å². The van der Waals surface area contributed by atoms with E-state index < -0.39 is 6.29 Å². The molecule has 1 aliphatic heterocycles. The lowest BCUT2D eigenvalue weighted by atomic mass is 10.3. The maximum atomic E-state index is 10.9. The van der Waals surface area contributed by atoms with Gasteiger partial charge in [0.1, 0.15) is 6.34 Å². The molecule has 1 heterocycles. The van der Waals surface area contributed by atoms with Crippen LogP contribution in [0.3, 0.4) is 0 Å². The van der Waals surface area contributed by atoms with Crippen LogP contribution in [0.2, 0.25) is 0 Å². The minimum atomic E-state index is -0.823. The molecule has 1 rings (SSSR count). The molecule has 1 unspecified atom stereocenters. The van der Waals surface area contributed by atoms with Gasteiger partial charge in [0, 0.05) is 6.54 Å². The Balaban J connectivity index is 2.66. The maximum absolute atomic E-state index is 10.9. The van der Waals surface area contributed by atoms with E-state index in [0.29, 0.717) is 6.54 Å². The largest absolute Gasteiger partial charge is 0.384 e. The SMILES string of the molecule is CCCCN1C=NN(C(C)C)C1[N+](=O)[O-]. The highest BCUT2D eigenvalue weighted by molar-refractivity contribution is 5.56. The van der Waals surface area contributed by atoms with E-state index in [9.17, 15) is 10.1 Å². The Morgan fingerprint density at radius 3 is 2.73 bits per heavy atom. The van der Waals surface area contributed by atoms with Gasteiger partial charge in [-0.2, -0.15) is 5.10 Å². The first-order valence-electron chi connectivity index (χ1n) is 5.29. The van der Waals surface area contributed by atoms with Crippen LogP contribution in [0.25, 0.3) is 0 Å². The fourth-order valence-electron chi connectivity index (χ4n) is 1.53. The molecule has 0 aromatic heterocycles. The van der Waals surface area contributed by atoms with Crippen molar-refractivity contribution in [2.45, 2.75) is 45.9 Å². The van der Waals surface area contributed by atoms with Crippen molar-refractivity contribution in [3.63, 3.8) is 0 Å². The molecular formula is C9H18N4O2. The van der Waals surface area contributed by atoms with Crippen molar-refractivity contribution in [3.05, 3.63) is 10.1 Å². The van der Waals surface area contributed by atoms with Crippen LogP contribution in [0, 0.1) is 10.1 Å². The monoisotopic (exact) mass is 214 g/mol. The molecule has 6 heteroatoms. The second kappa shape index (κ2) is 4.95. The summed E-state index contributed by atoms with van der Waals surface area (Å²) in [7, 11) is 0. The van der Waals surface area contributed by atoms with Gasteiger partial charge in [0.15, 0.2) is 0 Å². The molecule has 15 heavy (non-hydrogen) atoms. The van der Waals surface area contributed by atoms with Crippen LogP contribution in [0.5, 0.6) is 0 Å². The third-order valence-corrected chi connectivity index (χ3v) is 2.35. The van der Waals surface area contributed by atoms with E-state index in [-0.39, 0.29) is 11.0 Å². The van der Waals surface area contributed by atoms with Crippen LogP contribution in [0.1, 0.15) is 33.6 Å². The summed E-state index contributed by atoms with van der Waals surface area (Å²) in [4.78, 5) is 12.3. The molecule has 0 spiro atoms. The van der Waals surface area contributed by atoms with E-state index in [1.165, 1.54) is 5.01 Å². The summed E-state index contributed by atoms with van der Waals surface area (Å²) in [6.07, 6.45) is 2.72. The molecule has 0 bridgehead atoms. The predicted molar refractivity (Wildman–Crippen MR) is 57.9 cm³/mol. The molecule has 1 aliphatic rings. The average Bonchev–Trinajstić information content (AvgIpc) is 2.58. The molecule has 0 aliphatic carbocycles. The number of hydrazone groups is 1. The fraction of sp³-hybridized carbons (Fsp3) is 0.889. The Morgan fingerprint density at radius 1 is 1.60 bits per heavy atom. The first-order valence-corrected chi connectivity index (χ1v) is 5.29. The number of hydrogen-bond donors (Lipinski definition) is 0. The van der Waals surface area contributed by atoms with E-state index in [1.807, 2.05) is 13.8 Å². The smallest absolute Gasteiger partial charge is 0.279 e. The lowest BCUT2D eigenvalue weighted by Crippen LogP contribution is -2.48. The van der Waals surface area contributed by atoms with Crippen LogP contribution in [0.15, 0.2) is 5.10 Å². The molecule has 0 aromatic rings. The van der Waals surface area contributed by atoms with Crippen molar-refractivity contribution in [1.29, 1.82) is 0 Å². The zero-order valence-electron chi connectivity index (χ0n) is 9.46. The zero-order valence-corrected chi connectivity index (χ0v) is 9.46. The molecule has 0 amide bonds. The molecular weight excluding hydrogens is 196 g/mol. The fourth-order valence-corrected chi connectivity index (χ4v) is 1.53. The molecule has 0 aromatic carbocycles. The number of rotatable bonds is 5. The van der Waals surface area contributed by atoms with Crippen molar-refractivity contribution in [3.8, 4) is 0 Å². The van der Waals surface area contributed by atoms with Gasteiger partial charge in [0.2, 0.25) is 0 Å². The Labute approximate surface area is 89.7 Å². The van der Waals surface area contributed by atoms with Gasteiger partial charge in [-0.05, 0) is 20.3 Å². The van der Waals surface area contributed by atoms with Crippen LogP contribution >= 0.6 is 0 Å². The molecule has 1 atom stereocenters. The van der Waals surface area contributed by atoms with E-state index in [4.69, 9.17) is 0 Å². The quantitative estimate of drug-likeness (QED) is 0.511. The third kappa shape index (κ3) is 2.57. The van der Waals surface area contributed by atoms with Crippen LogP contribution in [-0.2, 0) is 0 Å². The molecule has 0 radical (unpaired) electrons. The van der Waals surface area contributed by atoms with E-state index in [1.54, 1.807) is 11.2 Å². The summed E-state index contributed by atoms with van der Waals surface area (Å²) >= 11 is 0. The Kier molecular flexibility index (Phi) is 3.88. The van der Waals surface area contributed by atoms with Gasteiger partial charge in [0.25, 0.3) is 0 Å². The van der Waals surface area contributed by atoms with Gasteiger partial charge in [-0.1, -0.05) is 13.3 Å². The maximum Gasteiger partial charge on any atom is 0.384 e. The predicted octanol–water partition coefficient (Wildman–Crippen LogP) is 1.32. The number of hydrogen-bond acceptors (Lipinski definition) is 5. The molecule has 0 N–H and O–H groups in total. The summed E-state index contributed by atoms with van der Waals surface area (Å²) in [5.74, 6) is 0. The van der Waals surface area contributed by atoms with Crippen LogP contribution in [-0.4, -0.2) is 40.0 Å². The Bertz CT molecular complexity index is 254. The lowest BCUT2D eigenvalue weighted by Gasteiger charge is -2.25. The van der Waals surface area contributed by atoms with Crippen LogP contribution < -0.4 is 0 Å². The van der Waals surface area contributed by atoms with Crippen molar-refractivity contribution in [2.75, 3.05) is 6.54 Å². The number of nitrogens with zero attached hydrogens (tertiary/aromatic N) is 4. The number of nitro groups is 1. The molecule has 0 saturated heterocycles. The first kappa shape index (κ1) is 11.7. The van der Waals surface area contributed by atoms with Gasteiger partial charge in [-0.15, -0.1) is 0 Å². The van der Waals surface area contributed by atoms with E-state index in [2.05, 4.69) is 12.0 Å². The molecule has 0 saturated carbocycles. The van der Waals surface area contributed by atoms with E-state index in [0.717, 1.165) is 12.8 Å². The molecule has 6 nitrogen and oxygen atoms in total. The Hall–Kier alpha value is -1.33. The number of unbranched alkanes of at least 4 members (excludes halogenated alkanes) is 1. The second-order valence-corrected chi connectivity index (χ2v) is 3.93. The van der Waals surface area contributed by atoms with E-state index >= 15 is 0 Å². The van der Waals surface area contributed by atoms with Gasteiger partial charge in [-0.25, -0.2) is 5.01 Å². The van der Waals surface area contributed by atoms with Crippen molar-refractivity contribution in [2.24, 2.45) is 5.10 Å². The van der Waals surface area contributed by atoms with Crippen LogP contribution in [0.4, 0.5) is 0 Å². The standard InChI is InChI=1S/C9H18N4O2/c1-4-5-6-11-7-10-12(8(2)3)9(11)13(14)15/h7-9H,4-6H2,1-3H3. The lowest BCUT2D eigenvalue weighted by molar-refractivity contribution is -0.572. The zero-order chi connectivity index (χ0) is 11.4. The highest BCUT2D eigenvalue weighted by atomic mass is 16.6. The van der Waals surface area contributed by atoms with Crippen molar-refractivity contribution < 1.29 is 4.92 Å². The minimum Gasteiger partial charge on any atom is -0.279 e. The molecule has 86 valence electrons. The normalized spacial score (nSPS) is 20.4. The Morgan fingerprint density at radius 2 is 2.27 bits per heavy atom.